The molecule has 3 atom stereocenters. The Morgan fingerprint density at radius 2 is 1.72 bits per heavy atom. The second kappa shape index (κ2) is 16.3. The van der Waals surface area contributed by atoms with Gasteiger partial charge in [0.2, 0.25) is 11.8 Å². The first-order valence-corrected chi connectivity index (χ1v) is 15.8. The minimum absolute atomic E-state index is 0.154. The highest BCUT2D eigenvalue weighted by Crippen LogP contribution is 2.32. The molecule has 43 heavy (non-hydrogen) atoms. The molecule has 1 aromatic heterocycles. The average molecular weight is 605 g/mol. The minimum atomic E-state index is -0.714. The molecule has 10 nitrogen and oxygen atoms in total. The first kappa shape index (κ1) is 36.3. The van der Waals surface area contributed by atoms with E-state index in [4.69, 9.17) is 14.2 Å². The molecule has 1 saturated heterocycles. The van der Waals surface area contributed by atoms with Crippen molar-refractivity contribution >= 4 is 23.7 Å². The van der Waals surface area contributed by atoms with Crippen molar-refractivity contribution in [1.82, 2.24) is 15.2 Å². The summed E-state index contributed by atoms with van der Waals surface area (Å²) in [5.41, 5.74) is 0.241. The van der Waals surface area contributed by atoms with Crippen LogP contribution in [0.4, 0.5) is 10.6 Å². The molecule has 1 fully saturated rings. The minimum Gasteiger partial charge on any atom is -0.496 e. The Morgan fingerprint density at radius 3 is 2.26 bits per heavy atom. The van der Waals surface area contributed by atoms with Gasteiger partial charge in [0, 0.05) is 44.1 Å². The summed E-state index contributed by atoms with van der Waals surface area (Å²) in [7, 11) is 1.61. The number of carbonyl (C=O) groups excluding carboxylic acids is 3. The van der Waals surface area contributed by atoms with Gasteiger partial charge in [0.25, 0.3) is 0 Å². The molecule has 0 radical (unpaired) electrons. The highest BCUT2D eigenvalue weighted by Gasteiger charge is 2.41. The molecule has 0 saturated carbocycles. The number of carbonyl (C=O) groups is 3. The summed E-state index contributed by atoms with van der Waals surface area (Å²) in [6.45, 7) is 21.5. The molecule has 0 spiro atoms. The predicted molar refractivity (Wildman–Crippen MR) is 169 cm³/mol. The standard InChI is InChI=1S/C33H56N4O6/c1-12-42-20-26(13-21(2)3)35-30(38)24-14-25(19-36(18-24)32(40)43-33(8,9)10)31(39)37(17-22(4)5)29-15-28(41-11)27(16-34-29)23(6)7/h15-16,21-26H,12-14,17-20H2,1-11H3,(H,35,38)/t24-,25+,26+/m0/s1. The number of amides is 3. The van der Waals surface area contributed by atoms with Crippen LogP contribution in [0.2, 0.25) is 0 Å². The monoisotopic (exact) mass is 604 g/mol. The molecule has 2 rings (SSSR count). The Hall–Kier alpha value is -2.88. The van der Waals surface area contributed by atoms with Crippen LogP contribution >= 0.6 is 0 Å². The Balaban J connectivity index is 2.43. The van der Waals surface area contributed by atoms with Gasteiger partial charge in [0.05, 0.1) is 31.6 Å². The van der Waals surface area contributed by atoms with E-state index in [1.54, 1.807) is 45.0 Å². The number of hydrogen-bond acceptors (Lipinski definition) is 7. The Kier molecular flexibility index (Phi) is 13.7. The van der Waals surface area contributed by atoms with Crippen LogP contribution in [0.5, 0.6) is 5.75 Å². The van der Waals surface area contributed by atoms with Gasteiger partial charge < -0.3 is 24.4 Å². The summed E-state index contributed by atoms with van der Waals surface area (Å²) in [6.07, 6.45) is 2.30. The number of rotatable bonds is 13. The third-order valence-corrected chi connectivity index (χ3v) is 7.26. The summed E-state index contributed by atoms with van der Waals surface area (Å²) in [5.74, 6) is 0.303. The van der Waals surface area contributed by atoms with Crippen molar-refractivity contribution in [2.24, 2.45) is 23.7 Å². The molecular weight excluding hydrogens is 548 g/mol. The van der Waals surface area contributed by atoms with Crippen LogP contribution in [-0.4, -0.2) is 79.4 Å². The van der Waals surface area contributed by atoms with E-state index in [0.29, 0.717) is 43.7 Å². The van der Waals surface area contributed by atoms with E-state index in [1.807, 2.05) is 20.8 Å². The van der Waals surface area contributed by atoms with Crippen molar-refractivity contribution in [2.75, 3.05) is 44.9 Å². The van der Waals surface area contributed by atoms with E-state index < -0.39 is 23.5 Å². The number of pyridine rings is 1. The van der Waals surface area contributed by atoms with Crippen LogP contribution in [0.25, 0.3) is 0 Å². The third-order valence-electron chi connectivity index (χ3n) is 7.26. The van der Waals surface area contributed by atoms with Gasteiger partial charge in [-0.2, -0.15) is 0 Å². The van der Waals surface area contributed by atoms with E-state index in [0.717, 1.165) is 12.0 Å². The lowest BCUT2D eigenvalue weighted by atomic mass is 9.87. The van der Waals surface area contributed by atoms with Crippen molar-refractivity contribution in [3.8, 4) is 5.75 Å². The fourth-order valence-electron chi connectivity index (χ4n) is 5.34. The topological polar surface area (TPSA) is 110 Å². The number of aromatic nitrogens is 1. The van der Waals surface area contributed by atoms with Crippen molar-refractivity contribution in [3.63, 3.8) is 0 Å². The van der Waals surface area contributed by atoms with E-state index >= 15 is 0 Å². The van der Waals surface area contributed by atoms with Gasteiger partial charge in [-0.15, -0.1) is 0 Å². The average Bonchev–Trinajstić information content (AvgIpc) is 2.92. The zero-order valence-corrected chi connectivity index (χ0v) is 28.4. The normalized spacial score (nSPS) is 18.1. The Morgan fingerprint density at radius 1 is 1.07 bits per heavy atom. The molecule has 10 heteroatoms. The molecule has 244 valence electrons. The third kappa shape index (κ3) is 11.3. The maximum Gasteiger partial charge on any atom is 0.410 e. The number of nitrogens with zero attached hydrogens (tertiary/aromatic N) is 3. The van der Waals surface area contributed by atoms with E-state index in [-0.39, 0.29) is 42.8 Å². The maximum absolute atomic E-state index is 14.3. The SMILES string of the molecule is CCOC[C@@H](CC(C)C)NC(=O)[C@H]1C[C@@H](C(=O)N(CC(C)C)c2cc(OC)c(C(C)C)cn2)CN(C(=O)OC(C)(C)C)C1. The number of anilines is 1. The van der Waals surface area contributed by atoms with Crippen molar-refractivity contribution in [1.29, 1.82) is 0 Å². The number of piperidine rings is 1. The quantitative estimate of drug-likeness (QED) is 0.310. The smallest absolute Gasteiger partial charge is 0.410 e. The summed E-state index contributed by atoms with van der Waals surface area (Å²) in [6, 6.07) is 1.64. The summed E-state index contributed by atoms with van der Waals surface area (Å²) < 4.78 is 17.0. The second-order valence-corrected chi connectivity index (χ2v) is 13.8. The van der Waals surface area contributed by atoms with Gasteiger partial charge >= 0.3 is 6.09 Å². The predicted octanol–water partition coefficient (Wildman–Crippen LogP) is 5.64. The first-order valence-electron chi connectivity index (χ1n) is 15.8. The van der Waals surface area contributed by atoms with E-state index in [1.165, 1.54) is 4.90 Å². The number of methoxy groups -OCH3 is 1. The second-order valence-electron chi connectivity index (χ2n) is 13.8. The van der Waals surface area contributed by atoms with Crippen molar-refractivity contribution < 1.29 is 28.6 Å². The number of hydrogen-bond donors (Lipinski definition) is 1. The van der Waals surface area contributed by atoms with E-state index in [2.05, 4.69) is 38.0 Å². The van der Waals surface area contributed by atoms with E-state index in [9.17, 15) is 14.4 Å². The molecule has 1 aliphatic rings. The zero-order valence-electron chi connectivity index (χ0n) is 28.4. The van der Waals surface area contributed by atoms with Crippen molar-refractivity contribution in [3.05, 3.63) is 17.8 Å². The van der Waals surface area contributed by atoms with Crippen LogP contribution in [-0.2, 0) is 19.1 Å². The summed E-state index contributed by atoms with van der Waals surface area (Å²) >= 11 is 0. The summed E-state index contributed by atoms with van der Waals surface area (Å²) in [5, 5.41) is 3.15. The van der Waals surface area contributed by atoms with Crippen LogP contribution in [0.1, 0.15) is 93.6 Å². The lowest BCUT2D eigenvalue weighted by Gasteiger charge is -2.39. The highest BCUT2D eigenvalue weighted by atomic mass is 16.6. The van der Waals surface area contributed by atoms with Crippen LogP contribution in [0, 0.1) is 23.7 Å². The number of ether oxygens (including phenoxy) is 3. The van der Waals surface area contributed by atoms with Crippen LogP contribution in [0.15, 0.2) is 12.3 Å². The molecule has 0 bridgehead atoms. The molecule has 1 aromatic rings. The Labute approximate surface area is 259 Å². The first-order chi connectivity index (χ1) is 20.1. The molecule has 2 heterocycles. The molecular formula is C33H56N4O6. The lowest BCUT2D eigenvalue weighted by molar-refractivity contribution is -0.131. The van der Waals surface area contributed by atoms with Gasteiger partial charge in [-0.25, -0.2) is 9.78 Å². The van der Waals surface area contributed by atoms with Crippen LogP contribution in [0.3, 0.4) is 0 Å². The molecule has 1 N–H and O–H groups in total. The van der Waals surface area contributed by atoms with Gasteiger partial charge in [0.15, 0.2) is 0 Å². The van der Waals surface area contributed by atoms with Gasteiger partial charge in [0.1, 0.15) is 17.2 Å². The summed E-state index contributed by atoms with van der Waals surface area (Å²) in [4.78, 5) is 49.1. The lowest BCUT2D eigenvalue weighted by Crippen LogP contribution is -2.55. The molecule has 0 aliphatic carbocycles. The zero-order chi connectivity index (χ0) is 32.5. The number of likely N-dealkylation sites (tertiary alicyclic amines) is 1. The Bertz CT molecular complexity index is 1070. The highest BCUT2D eigenvalue weighted by molar-refractivity contribution is 5.95. The van der Waals surface area contributed by atoms with Crippen LogP contribution < -0.4 is 15.0 Å². The van der Waals surface area contributed by atoms with Gasteiger partial charge in [-0.1, -0.05) is 41.5 Å². The number of nitrogens with one attached hydrogen (secondary N) is 1. The fraction of sp³-hybridized carbons (Fsp3) is 0.758. The van der Waals surface area contributed by atoms with Gasteiger partial charge in [-0.3, -0.25) is 14.5 Å². The molecule has 1 aliphatic heterocycles. The maximum atomic E-state index is 14.3. The molecule has 0 aromatic carbocycles. The molecule has 3 amide bonds. The van der Waals surface area contributed by atoms with Gasteiger partial charge in [-0.05, 0) is 58.3 Å². The molecule has 0 unspecified atom stereocenters. The largest absolute Gasteiger partial charge is 0.496 e. The van der Waals surface area contributed by atoms with Crippen molar-refractivity contribution in [2.45, 2.75) is 99.6 Å². The fourth-order valence-corrected chi connectivity index (χ4v) is 5.34.